The van der Waals surface area contributed by atoms with Gasteiger partial charge in [-0.15, -0.1) is 0 Å². The topological polar surface area (TPSA) is 71.1 Å². The summed E-state index contributed by atoms with van der Waals surface area (Å²) in [6.07, 6.45) is 4.69. The summed E-state index contributed by atoms with van der Waals surface area (Å²) in [5.74, 6) is -1.64. The number of alkyl halides is 2. The van der Waals surface area contributed by atoms with E-state index < -0.39 is 23.8 Å². The van der Waals surface area contributed by atoms with Gasteiger partial charge in [0.25, 0.3) is 0 Å². The first-order valence-electron chi connectivity index (χ1n) is 7.55. The van der Waals surface area contributed by atoms with Gasteiger partial charge in [0.15, 0.2) is 0 Å². The minimum atomic E-state index is -0.731. The van der Waals surface area contributed by atoms with Crippen molar-refractivity contribution in [3.8, 4) is 0 Å². The fraction of sp³-hybridized carbons (Fsp3) is 0.625. The van der Waals surface area contributed by atoms with E-state index in [1.165, 1.54) is 14.2 Å². The molecule has 2 atom stereocenters. The Balaban J connectivity index is 3.03. The Kier molecular flexibility index (Phi) is 10.1. The van der Waals surface area contributed by atoms with Crippen LogP contribution in [0, 0.1) is 11.8 Å². The lowest BCUT2D eigenvalue weighted by atomic mass is 9.92. The molecule has 0 saturated carbocycles. The number of carbonyl (C=O) groups excluding carboxylic acids is 2. The highest BCUT2D eigenvalue weighted by atomic mass is 79.9. The van der Waals surface area contributed by atoms with Crippen LogP contribution in [0.4, 0.5) is 0 Å². The monoisotopic (exact) mass is 468 g/mol. The maximum Gasteiger partial charge on any atom is 0.320 e. The molecule has 0 aliphatic heterocycles. The van der Waals surface area contributed by atoms with Gasteiger partial charge < -0.3 is 18.9 Å². The van der Waals surface area contributed by atoms with Gasteiger partial charge in [-0.1, -0.05) is 31.9 Å². The number of carbonyl (C=O) groups is 2. The average molecular weight is 470 g/mol. The summed E-state index contributed by atoms with van der Waals surface area (Å²) in [4.78, 5) is 24.1. The summed E-state index contributed by atoms with van der Waals surface area (Å²) < 4.78 is 21.0. The Bertz CT molecular complexity index is 445. The average Bonchev–Trinajstić information content (AvgIpc) is 2.61. The van der Waals surface area contributed by atoms with Crippen LogP contribution >= 0.6 is 31.9 Å². The molecule has 1 aliphatic carbocycles. The van der Waals surface area contributed by atoms with Crippen molar-refractivity contribution in [2.45, 2.75) is 12.8 Å². The Labute approximate surface area is 158 Å². The molecule has 0 saturated heterocycles. The Hall–Kier alpha value is -1.02. The lowest BCUT2D eigenvalue weighted by Gasteiger charge is -2.26. The molecule has 2 unspecified atom stereocenters. The van der Waals surface area contributed by atoms with E-state index in [4.69, 9.17) is 18.9 Å². The van der Waals surface area contributed by atoms with Crippen LogP contribution in [0.1, 0.15) is 12.8 Å². The predicted octanol–water partition coefficient (Wildman–Crippen LogP) is 2.95. The molecule has 24 heavy (non-hydrogen) atoms. The summed E-state index contributed by atoms with van der Waals surface area (Å²) in [5, 5.41) is 1.56. The SMILES string of the molecule is COC(=O)C1C=C(OCCCBr)C(C(=O)OC)C=C1OCCCBr. The van der Waals surface area contributed by atoms with Crippen molar-refractivity contribution < 1.29 is 28.5 Å². The number of hydrogen-bond donors (Lipinski definition) is 0. The largest absolute Gasteiger partial charge is 0.497 e. The molecule has 0 radical (unpaired) electrons. The molecule has 1 rings (SSSR count). The number of halogens is 2. The van der Waals surface area contributed by atoms with Gasteiger partial charge in [-0.2, -0.15) is 0 Å². The van der Waals surface area contributed by atoms with E-state index in [-0.39, 0.29) is 0 Å². The van der Waals surface area contributed by atoms with E-state index in [2.05, 4.69) is 31.9 Å². The maximum absolute atomic E-state index is 12.1. The zero-order valence-corrected chi connectivity index (χ0v) is 16.9. The van der Waals surface area contributed by atoms with Crippen molar-refractivity contribution in [3.05, 3.63) is 23.7 Å². The number of hydrogen-bond acceptors (Lipinski definition) is 6. The van der Waals surface area contributed by atoms with Crippen molar-refractivity contribution in [2.75, 3.05) is 38.1 Å². The second-order valence-corrected chi connectivity index (χ2v) is 6.51. The molecule has 0 bridgehead atoms. The van der Waals surface area contributed by atoms with E-state index in [9.17, 15) is 9.59 Å². The first kappa shape index (κ1) is 21.0. The molecule has 0 fully saturated rings. The lowest BCUT2D eigenvalue weighted by molar-refractivity contribution is -0.146. The first-order valence-corrected chi connectivity index (χ1v) is 9.79. The van der Waals surface area contributed by atoms with Gasteiger partial charge in [0.05, 0.1) is 27.4 Å². The van der Waals surface area contributed by atoms with Crippen LogP contribution in [0.3, 0.4) is 0 Å². The third-order valence-corrected chi connectivity index (χ3v) is 4.40. The van der Waals surface area contributed by atoms with Crippen LogP contribution < -0.4 is 0 Å². The zero-order valence-electron chi connectivity index (χ0n) is 13.8. The van der Waals surface area contributed by atoms with Gasteiger partial charge in [0, 0.05) is 10.7 Å². The normalized spacial score (nSPS) is 19.8. The highest BCUT2D eigenvalue weighted by molar-refractivity contribution is 9.09. The van der Waals surface area contributed by atoms with Gasteiger partial charge in [-0.3, -0.25) is 9.59 Å². The molecule has 6 nitrogen and oxygen atoms in total. The molecule has 136 valence electrons. The van der Waals surface area contributed by atoms with E-state index in [1.54, 1.807) is 12.2 Å². The molecule has 0 aromatic heterocycles. The van der Waals surface area contributed by atoms with Crippen molar-refractivity contribution in [1.29, 1.82) is 0 Å². The third-order valence-electron chi connectivity index (χ3n) is 3.28. The van der Waals surface area contributed by atoms with E-state index in [0.29, 0.717) is 24.7 Å². The zero-order chi connectivity index (χ0) is 17.9. The summed E-state index contributed by atoms with van der Waals surface area (Å²) in [6.45, 7) is 0.845. The summed E-state index contributed by atoms with van der Waals surface area (Å²) >= 11 is 6.64. The van der Waals surface area contributed by atoms with Crippen molar-refractivity contribution in [3.63, 3.8) is 0 Å². The first-order chi connectivity index (χ1) is 11.6. The lowest BCUT2D eigenvalue weighted by Crippen LogP contribution is -2.28. The van der Waals surface area contributed by atoms with Gasteiger partial charge in [0.2, 0.25) is 0 Å². The Morgan fingerprint density at radius 2 is 1.25 bits per heavy atom. The van der Waals surface area contributed by atoms with Crippen LogP contribution in [0.15, 0.2) is 23.7 Å². The minimum Gasteiger partial charge on any atom is -0.497 e. The molecule has 0 aromatic carbocycles. The maximum atomic E-state index is 12.1. The number of methoxy groups -OCH3 is 2. The van der Waals surface area contributed by atoms with E-state index in [1.807, 2.05) is 0 Å². The molecule has 1 aliphatic rings. The van der Waals surface area contributed by atoms with E-state index >= 15 is 0 Å². The van der Waals surface area contributed by atoms with Gasteiger partial charge in [-0.25, -0.2) is 0 Å². The molecule has 0 heterocycles. The number of esters is 2. The quantitative estimate of drug-likeness (QED) is 0.278. The molecule has 0 N–H and O–H groups in total. The molecule has 0 amide bonds. The Morgan fingerprint density at radius 1 is 0.875 bits per heavy atom. The molecular weight excluding hydrogens is 448 g/mol. The standard InChI is InChI=1S/C16H22Br2O6/c1-21-15(19)11-9-14(24-8-4-6-18)12(16(20)22-2)10-13(11)23-7-3-5-17/h9-12H,3-8H2,1-2H3. The predicted molar refractivity (Wildman–Crippen MR) is 95.9 cm³/mol. The summed E-state index contributed by atoms with van der Waals surface area (Å²) in [5.41, 5.74) is 0. The van der Waals surface area contributed by atoms with Crippen LogP contribution in [0.25, 0.3) is 0 Å². The number of ether oxygens (including phenoxy) is 4. The van der Waals surface area contributed by atoms with Crippen molar-refractivity contribution in [2.24, 2.45) is 11.8 Å². The van der Waals surface area contributed by atoms with Gasteiger partial charge >= 0.3 is 11.9 Å². The molecule has 0 spiro atoms. The van der Waals surface area contributed by atoms with Crippen LogP contribution in [-0.4, -0.2) is 50.0 Å². The molecular formula is C16H22Br2O6. The van der Waals surface area contributed by atoms with Crippen molar-refractivity contribution >= 4 is 43.8 Å². The Morgan fingerprint density at radius 3 is 1.54 bits per heavy atom. The fourth-order valence-corrected chi connectivity index (χ4v) is 2.55. The minimum absolute atomic E-state index is 0.381. The van der Waals surface area contributed by atoms with Crippen LogP contribution in [0.2, 0.25) is 0 Å². The highest BCUT2D eigenvalue weighted by Crippen LogP contribution is 2.31. The molecule has 0 aromatic rings. The highest BCUT2D eigenvalue weighted by Gasteiger charge is 2.35. The van der Waals surface area contributed by atoms with Crippen LogP contribution in [0.5, 0.6) is 0 Å². The molecule has 8 heteroatoms. The number of rotatable bonds is 10. The van der Waals surface area contributed by atoms with Gasteiger partial charge in [-0.05, 0) is 25.0 Å². The fourth-order valence-electron chi connectivity index (χ4n) is 2.09. The second-order valence-electron chi connectivity index (χ2n) is 4.92. The van der Waals surface area contributed by atoms with Gasteiger partial charge in [0.1, 0.15) is 23.4 Å². The van der Waals surface area contributed by atoms with Crippen molar-refractivity contribution in [1.82, 2.24) is 0 Å². The summed E-state index contributed by atoms with van der Waals surface area (Å²) in [6, 6.07) is 0. The summed E-state index contributed by atoms with van der Waals surface area (Å²) in [7, 11) is 2.62. The van der Waals surface area contributed by atoms with E-state index in [0.717, 1.165) is 23.5 Å². The van der Waals surface area contributed by atoms with Crippen LogP contribution in [-0.2, 0) is 28.5 Å². The smallest absolute Gasteiger partial charge is 0.320 e. The second kappa shape index (κ2) is 11.5. The third kappa shape index (κ3) is 6.12.